The van der Waals surface area contributed by atoms with E-state index >= 15 is 0 Å². The molecule has 0 radical (unpaired) electrons. The van der Waals surface area contributed by atoms with Crippen LogP contribution in [0.1, 0.15) is 32.1 Å². The fourth-order valence-corrected chi connectivity index (χ4v) is 1.86. The summed E-state index contributed by atoms with van der Waals surface area (Å²) in [6, 6.07) is 0. The maximum atomic E-state index is 7.61. The van der Waals surface area contributed by atoms with E-state index in [0.29, 0.717) is 11.4 Å². The van der Waals surface area contributed by atoms with Crippen LogP contribution < -0.4 is 0 Å². The van der Waals surface area contributed by atoms with Gasteiger partial charge in [-0.3, -0.25) is 5.41 Å². The van der Waals surface area contributed by atoms with Gasteiger partial charge in [-0.25, -0.2) is 0 Å². The van der Waals surface area contributed by atoms with Crippen LogP contribution >= 0.6 is 0 Å². The summed E-state index contributed by atoms with van der Waals surface area (Å²) in [7, 11) is 0. The molecule has 0 amide bonds. The smallest absolute Gasteiger partial charge is 0.127 e. The molecule has 1 N–H and O–H groups in total. The van der Waals surface area contributed by atoms with Gasteiger partial charge in [0, 0.05) is 0 Å². The molecule has 0 bridgehead atoms. The van der Waals surface area contributed by atoms with Gasteiger partial charge >= 0.3 is 0 Å². The zero-order valence-electron chi connectivity index (χ0n) is 8.78. The molecular weight excluding hydrogens is 188 g/mol. The molecule has 2 rings (SSSR count). The monoisotopic (exact) mass is 204 g/mol. The minimum Gasteiger partial charge on any atom is -0.392 e. The lowest BCUT2D eigenvalue weighted by molar-refractivity contribution is 0.0335. The van der Waals surface area contributed by atoms with Gasteiger partial charge in [0.05, 0.1) is 5.71 Å². The molecule has 0 atom stereocenters. The molecule has 3 heteroatoms. The van der Waals surface area contributed by atoms with Crippen molar-refractivity contribution in [1.82, 2.24) is 0 Å². The molecular formula is C12H16N2O. The molecule has 0 heterocycles. The number of hydrogen-bond acceptors (Lipinski definition) is 3. The number of rotatable bonds is 2. The molecule has 3 nitrogen and oxygen atoms in total. The lowest BCUT2D eigenvalue weighted by Crippen LogP contribution is -2.17. The van der Waals surface area contributed by atoms with Gasteiger partial charge in [0.2, 0.25) is 0 Å². The normalized spacial score (nSPS) is 24.8. The van der Waals surface area contributed by atoms with Crippen molar-refractivity contribution in [3.63, 3.8) is 0 Å². The van der Waals surface area contributed by atoms with Gasteiger partial charge in [-0.05, 0) is 37.8 Å². The average molecular weight is 204 g/mol. The molecule has 0 aromatic heterocycles. The third kappa shape index (κ3) is 2.78. The SMILES string of the molecule is N=C1C=CC=C/C1=N/OC1CCCCC1. The second-order valence-electron chi connectivity index (χ2n) is 3.97. The minimum atomic E-state index is 0.262. The van der Waals surface area contributed by atoms with Crippen LogP contribution in [-0.2, 0) is 4.84 Å². The first-order chi connectivity index (χ1) is 7.36. The zero-order valence-corrected chi connectivity index (χ0v) is 8.78. The summed E-state index contributed by atoms with van der Waals surface area (Å²) in [5.41, 5.74) is 1.05. The number of nitrogens with one attached hydrogen (secondary N) is 1. The molecule has 0 aromatic rings. The van der Waals surface area contributed by atoms with Crippen molar-refractivity contribution < 1.29 is 4.84 Å². The Hall–Kier alpha value is -1.38. The molecule has 15 heavy (non-hydrogen) atoms. The van der Waals surface area contributed by atoms with Crippen molar-refractivity contribution in [2.24, 2.45) is 5.16 Å². The van der Waals surface area contributed by atoms with E-state index in [1.165, 1.54) is 19.3 Å². The van der Waals surface area contributed by atoms with E-state index in [-0.39, 0.29) is 6.10 Å². The summed E-state index contributed by atoms with van der Waals surface area (Å²) in [6.45, 7) is 0. The molecule has 1 fully saturated rings. The summed E-state index contributed by atoms with van der Waals surface area (Å²) in [4.78, 5) is 5.45. The second kappa shape index (κ2) is 4.91. The van der Waals surface area contributed by atoms with Gasteiger partial charge in [-0.2, -0.15) is 0 Å². The highest BCUT2D eigenvalue weighted by Gasteiger charge is 2.14. The van der Waals surface area contributed by atoms with Crippen molar-refractivity contribution >= 4 is 11.4 Å². The van der Waals surface area contributed by atoms with Crippen LogP contribution in [0.15, 0.2) is 29.5 Å². The Morgan fingerprint density at radius 2 is 1.87 bits per heavy atom. The third-order valence-electron chi connectivity index (χ3n) is 2.76. The lowest BCUT2D eigenvalue weighted by Gasteiger charge is -2.19. The van der Waals surface area contributed by atoms with Crippen LogP contribution in [0.5, 0.6) is 0 Å². The molecule has 0 saturated heterocycles. The molecule has 0 unspecified atom stereocenters. The maximum Gasteiger partial charge on any atom is 0.127 e. The highest BCUT2D eigenvalue weighted by Crippen LogP contribution is 2.20. The third-order valence-corrected chi connectivity index (χ3v) is 2.76. The highest BCUT2D eigenvalue weighted by molar-refractivity contribution is 6.49. The minimum absolute atomic E-state index is 0.262. The summed E-state index contributed by atoms with van der Waals surface area (Å²) in [5, 5.41) is 11.7. The van der Waals surface area contributed by atoms with Gasteiger partial charge < -0.3 is 4.84 Å². The first-order valence-electron chi connectivity index (χ1n) is 5.54. The number of allylic oxidation sites excluding steroid dienone is 4. The van der Waals surface area contributed by atoms with Crippen LogP contribution in [0.4, 0.5) is 0 Å². The van der Waals surface area contributed by atoms with Gasteiger partial charge in [-0.15, -0.1) is 0 Å². The number of nitrogens with zero attached hydrogens (tertiary/aromatic N) is 1. The zero-order chi connectivity index (χ0) is 10.5. The van der Waals surface area contributed by atoms with Crippen molar-refractivity contribution in [2.45, 2.75) is 38.2 Å². The van der Waals surface area contributed by atoms with E-state index in [1.807, 2.05) is 18.2 Å². The number of hydrogen-bond donors (Lipinski definition) is 1. The molecule has 1 saturated carbocycles. The fraction of sp³-hybridized carbons (Fsp3) is 0.500. The standard InChI is InChI=1S/C12H16N2O/c13-11-8-4-5-9-12(11)14-15-10-6-2-1-3-7-10/h4-5,8-10,13H,1-3,6-7H2/b13-11?,14-12-. The van der Waals surface area contributed by atoms with Crippen LogP contribution in [0.25, 0.3) is 0 Å². The maximum absolute atomic E-state index is 7.61. The Morgan fingerprint density at radius 3 is 2.60 bits per heavy atom. The van der Waals surface area contributed by atoms with Crippen LogP contribution in [0.3, 0.4) is 0 Å². The molecule has 0 spiro atoms. The van der Waals surface area contributed by atoms with E-state index in [4.69, 9.17) is 10.2 Å². The van der Waals surface area contributed by atoms with E-state index in [1.54, 1.807) is 6.08 Å². The first kappa shape index (κ1) is 10.1. The van der Waals surface area contributed by atoms with Crippen molar-refractivity contribution in [3.8, 4) is 0 Å². The van der Waals surface area contributed by atoms with Gasteiger partial charge in [0.1, 0.15) is 11.8 Å². The Labute approximate surface area is 90.0 Å². The van der Waals surface area contributed by atoms with Crippen LogP contribution in [-0.4, -0.2) is 17.5 Å². The average Bonchev–Trinajstić information content (AvgIpc) is 2.29. The van der Waals surface area contributed by atoms with E-state index in [0.717, 1.165) is 12.8 Å². The van der Waals surface area contributed by atoms with E-state index < -0.39 is 0 Å². The summed E-state index contributed by atoms with van der Waals surface area (Å²) >= 11 is 0. The first-order valence-corrected chi connectivity index (χ1v) is 5.54. The van der Waals surface area contributed by atoms with Gasteiger partial charge in [-0.1, -0.05) is 23.7 Å². The summed E-state index contributed by atoms with van der Waals surface area (Å²) in [6.07, 6.45) is 13.5. The van der Waals surface area contributed by atoms with Crippen LogP contribution in [0, 0.1) is 5.41 Å². The highest BCUT2D eigenvalue weighted by atomic mass is 16.6. The molecule has 80 valence electrons. The predicted molar refractivity (Wildman–Crippen MR) is 61.4 cm³/mol. The Bertz CT molecular complexity index is 323. The summed E-state index contributed by atoms with van der Waals surface area (Å²) < 4.78 is 0. The Kier molecular flexibility index (Phi) is 3.33. The fourth-order valence-electron chi connectivity index (χ4n) is 1.86. The number of oxime groups is 1. The van der Waals surface area contributed by atoms with Gasteiger partial charge in [0.15, 0.2) is 0 Å². The molecule has 2 aliphatic carbocycles. The second-order valence-corrected chi connectivity index (χ2v) is 3.97. The van der Waals surface area contributed by atoms with Crippen LogP contribution in [0.2, 0.25) is 0 Å². The molecule has 0 aliphatic heterocycles. The van der Waals surface area contributed by atoms with E-state index in [2.05, 4.69) is 5.16 Å². The van der Waals surface area contributed by atoms with Gasteiger partial charge in [0.25, 0.3) is 0 Å². The molecule has 2 aliphatic rings. The van der Waals surface area contributed by atoms with Crippen molar-refractivity contribution in [2.75, 3.05) is 0 Å². The topological polar surface area (TPSA) is 45.4 Å². The van der Waals surface area contributed by atoms with Crippen molar-refractivity contribution in [3.05, 3.63) is 24.3 Å². The predicted octanol–water partition coefficient (Wildman–Crippen LogP) is 2.84. The lowest BCUT2D eigenvalue weighted by atomic mass is 9.98. The largest absolute Gasteiger partial charge is 0.392 e. The summed E-state index contributed by atoms with van der Waals surface area (Å²) in [5.74, 6) is 0. The van der Waals surface area contributed by atoms with Crippen molar-refractivity contribution in [1.29, 1.82) is 5.41 Å². The Balaban J connectivity index is 1.89. The van der Waals surface area contributed by atoms with E-state index in [9.17, 15) is 0 Å². The Morgan fingerprint density at radius 1 is 1.13 bits per heavy atom. The quantitative estimate of drug-likeness (QED) is 0.545. The molecule has 0 aromatic carbocycles.